The molecule has 0 aliphatic rings. The van der Waals surface area contributed by atoms with E-state index in [2.05, 4.69) is 26.0 Å². The summed E-state index contributed by atoms with van der Waals surface area (Å²) in [6.07, 6.45) is 15.7. The summed E-state index contributed by atoms with van der Waals surface area (Å²) < 4.78 is 16.9. The quantitative estimate of drug-likeness (QED) is 0.221. The molecular formula is C20H38O5. The molecule has 0 saturated carbocycles. The first-order chi connectivity index (χ1) is 12.3. The molecule has 0 bridgehead atoms. The first-order valence-corrected chi connectivity index (χ1v) is 9.61. The highest BCUT2D eigenvalue weighted by Crippen LogP contribution is 2.10. The Labute approximate surface area is 153 Å². The first kappa shape index (κ1) is 24.3. The zero-order chi connectivity index (χ0) is 18.6. The SMILES string of the molecule is CCC(CCC=CCCO)OCOCOC(CC)CCC=CCCO. The van der Waals surface area contributed by atoms with Crippen LogP contribution in [0.15, 0.2) is 24.3 Å². The number of hydrogen-bond acceptors (Lipinski definition) is 5. The molecule has 2 N–H and O–H groups in total. The number of hydrogen-bond donors (Lipinski definition) is 2. The highest BCUT2D eigenvalue weighted by Gasteiger charge is 2.07. The van der Waals surface area contributed by atoms with Crippen LogP contribution in [0.1, 0.15) is 65.2 Å². The summed E-state index contributed by atoms with van der Waals surface area (Å²) in [6, 6.07) is 0. The third kappa shape index (κ3) is 16.5. The molecule has 0 rings (SSSR count). The molecule has 2 atom stereocenters. The van der Waals surface area contributed by atoms with Gasteiger partial charge in [-0.2, -0.15) is 0 Å². The molecule has 0 amide bonds. The maximum Gasteiger partial charge on any atom is 0.149 e. The monoisotopic (exact) mass is 358 g/mol. The highest BCUT2D eigenvalue weighted by molar-refractivity contribution is 4.82. The largest absolute Gasteiger partial charge is 0.396 e. The molecule has 0 aliphatic carbocycles. The van der Waals surface area contributed by atoms with Gasteiger partial charge >= 0.3 is 0 Å². The van der Waals surface area contributed by atoms with Crippen LogP contribution >= 0.6 is 0 Å². The van der Waals surface area contributed by atoms with Gasteiger partial charge in [-0.15, -0.1) is 0 Å². The molecule has 148 valence electrons. The van der Waals surface area contributed by atoms with Gasteiger partial charge in [-0.25, -0.2) is 0 Å². The number of aliphatic hydroxyl groups excluding tert-OH is 2. The van der Waals surface area contributed by atoms with Crippen molar-refractivity contribution >= 4 is 0 Å². The second-order valence-corrected chi connectivity index (χ2v) is 5.96. The predicted octanol–water partition coefficient (Wildman–Crippen LogP) is 3.95. The lowest BCUT2D eigenvalue weighted by molar-refractivity contribution is -0.166. The normalized spacial score (nSPS) is 14.6. The molecule has 0 aromatic rings. The lowest BCUT2D eigenvalue weighted by Gasteiger charge is -2.18. The zero-order valence-corrected chi connectivity index (χ0v) is 16.1. The van der Waals surface area contributed by atoms with Crippen molar-refractivity contribution < 1.29 is 24.4 Å². The first-order valence-electron chi connectivity index (χ1n) is 9.61. The van der Waals surface area contributed by atoms with Crippen LogP contribution in [0.5, 0.6) is 0 Å². The van der Waals surface area contributed by atoms with Gasteiger partial charge in [0.2, 0.25) is 0 Å². The Hall–Kier alpha value is -0.720. The van der Waals surface area contributed by atoms with Crippen LogP contribution < -0.4 is 0 Å². The van der Waals surface area contributed by atoms with Crippen molar-refractivity contribution in [1.82, 2.24) is 0 Å². The predicted molar refractivity (Wildman–Crippen MR) is 101 cm³/mol. The summed E-state index contributed by atoms with van der Waals surface area (Å²) in [6.45, 7) is 5.13. The van der Waals surface area contributed by atoms with Crippen molar-refractivity contribution in [3.8, 4) is 0 Å². The third-order valence-corrected chi connectivity index (χ3v) is 3.92. The van der Waals surface area contributed by atoms with Gasteiger partial charge in [0.25, 0.3) is 0 Å². The van der Waals surface area contributed by atoms with Gasteiger partial charge in [0.05, 0.1) is 12.2 Å². The Kier molecular flexibility index (Phi) is 19.0. The molecule has 0 heterocycles. The molecule has 5 nitrogen and oxygen atoms in total. The van der Waals surface area contributed by atoms with Gasteiger partial charge in [-0.3, -0.25) is 0 Å². The van der Waals surface area contributed by atoms with Crippen molar-refractivity contribution in [3.63, 3.8) is 0 Å². The molecule has 0 saturated heterocycles. The molecule has 2 unspecified atom stereocenters. The van der Waals surface area contributed by atoms with E-state index in [1.54, 1.807) is 0 Å². The smallest absolute Gasteiger partial charge is 0.149 e. The van der Waals surface area contributed by atoms with E-state index in [0.717, 1.165) is 38.5 Å². The Bertz CT molecular complexity index is 287. The average molecular weight is 359 g/mol. The van der Waals surface area contributed by atoms with Gasteiger partial charge < -0.3 is 24.4 Å². The molecule has 0 spiro atoms. The fraction of sp³-hybridized carbons (Fsp3) is 0.800. The molecule has 0 aliphatic heterocycles. The minimum absolute atomic E-state index is 0.192. The number of ether oxygens (including phenoxy) is 3. The van der Waals surface area contributed by atoms with E-state index in [4.69, 9.17) is 24.4 Å². The number of allylic oxidation sites excluding steroid dienone is 2. The molecule has 25 heavy (non-hydrogen) atoms. The molecule has 0 radical (unpaired) electrons. The Morgan fingerprint density at radius 1 is 0.680 bits per heavy atom. The van der Waals surface area contributed by atoms with E-state index >= 15 is 0 Å². The van der Waals surface area contributed by atoms with E-state index in [9.17, 15) is 0 Å². The van der Waals surface area contributed by atoms with Gasteiger partial charge in [0, 0.05) is 13.2 Å². The Morgan fingerprint density at radius 3 is 1.44 bits per heavy atom. The van der Waals surface area contributed by atoms with E-state index in [1.807, 2.05) is 12.2 Å². The van der Waals surface area contributed by atoms with Crippen LogP contribution in [0.2, 0.25) is 0 Å². The van der Waals surface area contributed by atoms with Gasteiger partial charge in [0.15, 0.2) is 0 Å². The molecular weight excluding hydrogens is 320 g/mol. The van der Waals surface area contributed by atoms with E-state index in [1.165, 1.54) is 0 Å². The number of rotatable bonds is 18. The van der Waals surface area contributed by atoms with E-state index in [0.29, 0.717) is 12.8 Å². The fourth-order valence-electron chi connectivity index (χ4n) is 2.32. The lowest BCUT2D eigenvalue weighted by atomic mass is 10.1. The van der Waals surface area contributed by atoms with Crippen molar-refractivity contribution in [2.24, 2.45) is 0 Å². The minimum Gasteiger partial charge on any atom is -0.396 e. The minimum atomic E-state index is 0.192. The van der Waals surface area contributed by atoms with Crippen LogP contribution in [-0.2, 0) is 14.2 Å². The van der Waals surface area contributed by atoms with Crippen LogP contribution in [-0.4, -0.2) is 49.2 Å². The standard InChI is InChI=1S/C20H38O5/c1-3-19(13-9-5-7-11-15-21)24-17-23-18-25-20(4-2)14-10-6-8-12-16-22/h5-8,19-22H,3-4,9-18H2,1-2H3. The summed E-state index contributed by atoms with van der Waals surface area (Å²) in [7, 11) is 0. The topological polar surface area (TPSA) is 68.2 Å². The summed E-state index contributed by atoms with van der Waals surface area (Å²) in [5.74, 6) is 0. The summed E-state index contributed by atoms with van der Waals surface area (Å²) >= 11 is 0. The fourth-order valence-corrected chi connectivity index (χ4v) is 2.32. The Morgan fingerprint density at radius 2 is 1.08 bits per heavy atom. The van der Waals surface area contributed by atoms with E-state index in [-0.39, 0.29) is 39.0 Å². The van der Waals surface area contributed by atoms with Crippen molar-refractivity contribution in [3.05, 3.63) is 24.3 Å². The van der Waals surface area contributed by atoms with Crippen LogP contribution in [0, 0.1) is 0 Å². The van der Waals surface area contributed by atoms with Crippen molar-refractivity contribution in [2.75, 3.05) is 26.8 Å². The van der Waals surface area contributed by atoms with Gasteiger partial charge in [-0.05, 0) is 51.4 Å². The second-order valence-electron chi connectivity index (χ2n) is 5.96. The molecule has 5 heteroatoms. The van der Waals surface area contributed by atoms with Crippen molar-refractivity contribution in [1.29, 1.82) is 0 Å². The molecule has 0 aromatic heterocycles. The lowest BCUT2D eigenvalue weighted by Crippen LogP contribution is -2.18. The molecule has 0 aromatic carbocycles. The molecule has 0 fully saturated rings. The van der Waals surface area contributed by atoms with Crippen LogP contribution in [0.3, 0.4) is 0 Å². The maximum absolute atomic E-state index is 8.71. The summed E-state index contributed by atoms with van der Waals surface area (Å²) in [5.41, 5.74) is 0. The summed E-state index contributed by atoms with van der Waals surface area (Å²) in [5, 5.41) is 17.4. The van der Waals surface area contributed by atoms with Crippen LogP contribution in [0.4, 0.5) is 0 Å². The van der Waals surface area contributed by atoms with Crippen LogP contribution in [0.25, 0.3) is 0 Å². The van der Waals surface area contributed by atoms with Gasteiger partial charge in [0.1, 0.15) is 13.6 Å². The number of aliphatic hydroxyl groups is 2. The van der Waals surface area contributed by atoms with Gasteiger partial charge in [-0.1, -0.05) is 38.2 Å². The summed E-state index contributed by atoms with van der Waals surface area (Å²) in [4.78, 5) is 0. The highest BCUT2D eigenvalue weighted by atomic mass is 16.7. The van der Waals surface area contributed by atoms with Crippen molar-refractivity contribution in [2.45, 2.75) is 77.4 Å². The zero-order valence-electron chi connectivity index (χ0n) is 16.1. The maximum atomic E-state index is 8.71. The average Bonchev–Trinajstić information content (AvgIpc) is 2.64. The third-order valence-electron chi connectivity index (χ3n) is 3.92. The van der Waals surface area contributed by atoms with E-state index < -0.39 is 0 Å². The second kappa shape index (κ2) is 19.6. The Balaban J connectivity index is 3.68.